The van der Waals surface area contributed by atoms with Gasteiger partial charge >= 0.3 is 0 Å². The van der Waals surface area contributed by atoms with E-state index in [1.165, 1.54) is 69.9 Å². The first-order valence-corrected chi connectivity index (χ1v) is 20.8. The Morgan fingerprint density at radius 2 is 1.60 bits per heavy atom. The van der Waals surface area contributed by atoms with Gasteiger partial charge in [-0.05, 0) is 172 Å². The number of benzene rings is 1. The molecular weight excluding hydrogens is 590 g/mol. The van der Waals surface area contributed by atoms with Gasteiger partial charge in [0, 0.05) is 19.1 Å². The van der Waals surface area contributed by atoms with Gasteiger partial charge in [0.05, 0.1) is 17.8 Å². The quantitative estimate of drug-likeness (QED) is 0.286. The predicted molar refractivity (Wildman–Crippen MR) is 194 cm³/mol. The maximum absolute atomic E-state index is 12.2. The van der Waals surface area contributed by atoms with Gasteiger partial charge in [-0.25, -0.2) is 0 Å². The summed E-state index contributed by atoms with van der Waals surface area (Å²) in [5.74, 6) is 6.61. The molecule has 5 aliphatic carbocycles. The molecule has 0 unspecified atom stereocenters. The number of aliphatic hydroxyl groups is 3. The van der Waals surface area contributed by atoms with Crippen molar-refractivity contribution < 1.29 is 15.3 Å². The third-order valence-electron chi connectivity index (χ3n) is 17.1. The Bertz CT molecular complexity index is 1280. The van der Waals surface area contributed by atoms with Gasteiger partial charge in [-0.3, -0.25) is 4.90 Å². The van der Waals surface area contributed by atoms with Crippen molar-refractivity contribution in [1.82, 2.24) is 4.90 Å². The minimum atomic E-state index is -0.585. The topological polar surface area (TPSA) is 63.9 Å². The van der Waals surface area contributed by atoms with E-state index >= 15 is 0 Å². The molecule has 7 fully saturated rings. The van der Waals surface area contributed by atoms with Crippen LogP contribution in [-0.4, -0.2) is 57.2 Å². The molecule has 5 saturated carbocycles. The normalized spacial score (nSPS) is 50.8. The van der Waals surface area contributed by atoms with Crippen LogP contribution in [0.25, 0.3) is 0 Å². The van der Waals surface area contributed by atoms with Crippen LogP contribution in [0.5, 0.6) is 0 Å². The average molecular weight is 660 g/mol. The Morgan fingerprint density at radius 1 is 0.812 bits per heavy atom. The molecule has 0 aromatic heterocycles. The van der Waals surface area contributed by atoms with E-state index in [-0.39, 0.29) is 29.0 Å². The zero-order valence-corrected chi connectivity index (χ0v) is 31.1. The molecule has 1 aromatic carbocycles. The van der Waals surface area contributed by atoms with Gasteiger partial charge in [-0.2, -0.15) is 0 Å². The number of fused-ring (bicyclic) bond motifs is 8. The van der Waals surface area contributed by atoms with Crippen molar-refractivity contribution in [3.8, 4) is 0 Å². The molecule has 268 valence electrons. The Balaban J connectivity index is 1.03. The van der Waals surface area contributed by atoms with E-state index in [2.05, 4.69) is 69.9 Å². The van der Waals surface area contributed by atoms with Crippen molar-refractivity contribution in [1.29, 1.82) is 0 Å². The summed E-state index contributed by atoms with van der Waals surface area (Å²) in [5.41, 5.74) is 1.03. The van der Waals surface area contributed by atoms with Crippen molar-refractivity contribution in [2.75, 3.05) is 13.1 Å². The smallest absolute Gasteiger partial charge is 0.0805 e. The van der Waals surface area contributed by atoms with Crippen LogP contribution in [0, 0.1) is 70.0 Å². The predicted octanol–water partition coefficient (Wildman–Crippen LogP) is 8.68. The van der Waals surface area contributed by atoms with Crippen LogP contribution in [0.15, 0.2) is 30.3 Å². The highest BCUT2D eigenvalue weighted by Gasteiger charge is 2.67. The molecule has 1 spiro atoms. The maximum atomic E-state index is 12.2. The molecule has 48 heavy (non-hydrogen) atoms. The molecule has 8 rings (SSSR count). The van der Waals surface area contributed by atoms with Gasteiger partial charge < -0.3 is 15.3 Å². The number of piperidine rings is 2. The first-order chi connectivity index (χ1) is 22.9. The van der Waals surface area contributed by atoms with E-state index in [0.29, 0.717) is 53.4 Å². The number of rotatable bonds is 6. The van der Waals surface area contributed by atoms with Gasteiger partial charge in [0.1, 0.15) is 0 Å². The molecule has 3 N–H and O–H groups in total. The molecule has 4 heteroatoms. The van der Waals surface area contributed by atoms with Crippen LogP contribution in [0.3, 0.4) is 0 Å². The van der Waals surface area contributed by atoms with Crippen LogP contribution in [0.4, 0.5) is 0 Å². The van der Waals surface area contributed by atoms with Gasteiger partial charge in [-0.15, -0.1) is 0 Å². The molecule has 2 saturated heterocycles. The molecule has 4 nitrogen and oxygen atoms in total. The monoisotopic (exact) mass is 660 g/mol. The molecule has 0 amide bonds. The van der Waals surface area contributed by atoms with Crippen LogP contribution in [0.2, 0.25) is 0 Å². The summed E-state index contributed by atoms with van der Waals surface area (Å²) in [5, 5.41) is 36.1. The molecule has 1 aromatic rings. The molecule has 2 heterocycles. The second-order valence-electron chi connectivity index (χ2n) is 20.2. The van der Waals surface area contributed by atoms with Gasteiger partial charge in [0.25, 0.3) is 0 Å². The zero-order chi connectivity index (χ0) is 33.6. The molecule has 2 aliphatic heterocycles. The summed E-state index contributed by atoms with van der Waals surface area (Å²) in [6, 6.07) is 11.6. The highest BCUT2D eigenvalue weighted by Crippen LogP contribution is 2.71. The summed E-state index contributed by atoms with van der Waals surface area (Å²) in [7, 11) is 0. The Labute approximate surface area is 292 Å². The number of hydrogen-bond donors (Lipinski definition) is 3. The minimum Gasteiger partial charge on any atom is -0.393 e. The lowest BCUT2D eigenvalue weighted by atomic mass is 9.46. The first-order valence-electron chi connectivity index (χ1n) is 20.8. The molecule has 7 aliphatic rings. The SMILES string of the molecule is CC(C)CC[C@H](C[C@H]1CC[C@@]2(C1)C[C@]1(C)[C@@H]3C[C@H]4[C@H](CC[C@@H]5[C@H]4CN4C[C@H](C)CC[C@@H]4[C@@]5(C)O)[C@@H]3C[C@H](O)[C@@H]1C[C@H]2O)c1ccccc1. The van der Waals surface area contributed by atoms with Gasteiger partial charge in [0.2, 0.25) is 0 Å². The minimum absolute atomic E-state index is 0.0127. The lowest BCUT2D eigenvalue weighted by Gasteiger charge is -2.60. The van der Waals surface area contributed by atoms with E-state index in [1.807, 2.05) is 0 Å². The molecular formula is C44H69NO3. The van der Waals surface area contributed by atoms with Crippen molar-refractivity contribution >= 4 is 0 Å². The van der Waals surface area contributed by atoms with Crippen LogP contribution < -0.4 is 0 Å². The van der Waals surface area contributed by atoms with Crippen molar-refractivity contribution in [2.24, 2.45) is 70.0 Å². The Hall–Kier alpha value is -0.940. The van der Waals surface area contributed by atoms with Crippen molar-refractivity contribution in [2.45, 2.75) is 154 Å². The maximum Gasteiger partial charge on any atom is 0.0805 e. The van der Waals surface area contributed by atoms with Crippen LogP contribution in [-0.2, 0) is 0 Å². The van der Waals surface area contributed by atoms with Crippen molar-refractivity contribution in [3.63, 3.8) is 0 Å². The Morgan fingerprint density at radius 3 is 2.38 bits per heavy atom. The molecule has 0 radical (unpaired) electrons. The highest BCUT2D eigenvalue weighted by molar-refractivity contribution is 5.21. The van der Waals surface area contributed by atoms with E-state index < -0.39 is 5.60 Å². The Kier molecular flexibility index (Phi) is 8.99. The van der Waals surface area contributed by atoms with E-state index in [4.69, 9.17) is 0 Å². The standard InChI is InChI=1S/C44H69NO3/c1-27(2)11-13-31(30-9-7-6-8-10-30)19-29-17-18-44(23-29)26-42(4)37-20-33-32(34(37)21-39(46)38(42)22-41(44)47)14-15-36-35(33)25-45-24-28(3)12-16-40(45)43(36,5)48/h6-10,27-29,31-41,46-48H,11-26H2,1-5H3/t28-,29-,31-,32+,33+,34+,35+,36-,37-,38+,39+,40-,41-,42-,43+,44-/m1/s1. The number of aliphatic hydroxyl groups excluding tert-OH is 2. The average Bonchev–Trinajstić information content (AvgIpc) is 3.63. The summed E-state index contributed by atoms with van der Waals surface area (Å²) in [6.45, 7) is 14.2. The number of nitrogens with zero attached hydrogens (tertiary/aromatic N) is 1. The third-order valence-corrected chi connectivity index (χ3v) is 17.1. The summed E-state index contributed by atoms with van der Waals surface area (Å²) < 4.78 is 0. The summed E-state index contributed by atoms with van der Waals surface area (Å²) in [6.07, 6.45) is 15.8. The van der Waals surface area contributed by atoms with E-state index in [0.717, 1.165) is 50.5 Å². The fourth-order valence-electron chi connectivity index (χ4n) is 15.0. The lowest BCUT2D eigenvalue weighted by molar-refractivity contribution is -0.180. The van der Waals surface area contributed by atoms with Gasteiger partial charge in [0.15, 0.2) is 0 Å². The number of hydrogen-bond acceptors (Lipinski definition) is 4. The highest BCUT2D eigenvalue weighted by atomic mass is 16.3. The molecule has 0 bridgehead atoms. The fourth-order valence-corrected chi connectivity index (χ4v) is 15.0. The summed E-state index contributed by atoms with van der Waals surface area (Å²) in [4.78, 5) is 2.72. The fraction of sp³-hybridized carbons (Fsp3) is 0.864. The van der Waals surface area contributed by atoms with Gasteiger partial charge in [-0.1, -0.05) is 64.4 Å². The van der Waals surface area contributed by atoms with Crippen LogP contribution in [0.1, 0.15) is 136 Å². The van der Waals surface area contributed by atoms with Crippen molar-refractivity contribution in [3.05, 3.63) is 35.9 Å². The third kappa shape index (κ3) is 5.59. The van der Waals surface area contributed by atoms with Crippen LogP contribution >= 0.6 is 0 Å². The van der Waals surface area contributed by atoms with E-state index in [1.54, 1.807) is 0 Å². The first kappa shape index (κ1) is 34.2. The van der Waals surface area contributed by atoms with E-state index in [9.17, 15) is 15.3 Å². The molecule has 16 atom stereocenters. The largest absolute Gasteiger partial charge is 0.393 e. The lowest BCUT2D eigenvalue weighted by Crippen LogP contribution is -2.67. The summed E-state index contributed by atoms with van der Waals surface area (Å²) >= 11 is 0. The second-order valence-corrected chi connectivity index (χ2v) is 20.2. The zero-order valence-electron chi connectivity index (χ0n) is 31.1. The second kappa shape index (κ2) is 12.6.